The Morgan fingerprint density at radius 2 is 2.20 bits per heavy atom. The maximum absolute atomic E-state index is 11.8. The van der Waals surface area contributed by atoms with Crippen molar-refractivity contribution in [1.29, 1.82) is 0 Å². The molecule has 1 aliphatic rings. The summed E-state index contributed by atoms with van der Waals surface area (Å²) in [6, 6.07) is 7.32. The van der Waals surface area contributed by atoms with E-state index in [4.69, 9.17) is 5.11 Å². The Labute approximate surface area is 116 Å². The second-order valence-corrected chi connectivity index (χ2v) is 4.93. The molecule has 106 valence electrons. The monoisotopic (exact) mass is 276 g/mol. The van der Waals surface area contributed by atoms with Crippen molar-refractivity contribution in [3.63, 3.8) is 0 Å². The van der Waals surface area contributed by atoms with Gasteiger partial charge < -0.3 is 15.3 Å². The first-order chi connectivity index (χ1) is 9.45. The zero-order valence-electron chi connectivity index (χ0n) is 11.1. The third kappa shape index (κ3) is 3.34. The number of amides is 2. The number of hydrogen-bond acceptors (Lipinski definition) is 3. The van der Waals surface area contributed by atoms with Crippen molar-refractivity contribution in [1.82, 2.24) is 4.90 Å². The Morgan fingerprint density at radius 1 is 1.45 bits per heavy atom. The summed E-state index contributed by atoms with van der Waals surface area (Å²) in [5.74, 6) is -2.33. The van der Waals surface area contributed by atoms with Gasteiger partial charge in [0, 0.05) is 18.7 Å². The van der Waals surface area contributed by atoms with Crippen molar-refractivity contribution < 1.29 is 19.5 Å². The van der Waals surface area contributed by atoms with Crippen LogP contribution in [0.3, 0.4) is 0 Å². The number of nitrogens with zero attached hydrogens (tertiary/aromatic N) is 1. The van der Waals surface area contributed by atoms with Crippen molar-refractivity contribution >= 4 is 23.5 Å². The maximum Gasteiger partial charge on any atom is 0.308 e. The number of rotatable bonds is 4. The molecule has 0 radical (unpaired) electrons. The van der Waals surface area contributed by atoms with Gasteiger partial charge >= 0.3 is 5.97 Å². The van der Waals surface area contributed by atoms with Gasteiger partial charge in [-0.1, -0.05) is 12.1 Å². The van der Waals surface area contributed by atoms with Crippen LogP contribution >= 0.6 is 0 Å². The van der Waals surface area contributed by atoms with Gasteiger partial charge in [0.2, 0.25) is 11.8 Å². The Hall–Kier alpha value is -2.37. The van der Waals surface area contributed by atoms with E-state index in [9.17, 15) is 14.4 Å². The highest BCUT2D eigenvalue weighted by Gasteiger charge is 2.34. The number of nitrogens with one attached hydrogen (secondary N) is 1. The second-order valence-electron chi connectivity index (χ2n) is 4.93. The van der Waals surface area contributed by atoms with Gasteiger partial charge in [-0.15, -0.1) is 0 Å². The summed E-state index contributed by atoms with van der Waals surface area (Å²) in [5.41, 5.74) is 1.68. The van der Waals surface area contributed by atoms with Gasteiger partial charge in [-0.2, -0.15) is 0 Å². The zero-order valence-corrected chi connectivity index (χ0v) is 11.1. The predicted molar refractivity (Wildman–Crippen MR) is 72.1 cm³/mol. The van der Waals surface area contributed by atoms with Crippen molar-refractivity contribution in [2.24, 2.45) is 5.92 Å². The Bertz CT molecular complexity index is 556. The highest BCUT2D eigenvalue weighted by molar-refractivity contribution is 5.96. The van der Waals surface area contributed by atoms with Crippen molar-refractivity contribution in [3.05, 3.63) is 29.8 Å². The molecule has 1 aromatic carbocycles. The number of carbonyl (C=O) groups excluding carboxylic acids is 2. The topological polar surface area (TPSA) is 86.7 Å². The van der Waals surface area contributed by atoms with Crippen LogP contribution in [-0.2, 0) is 14.4 Å². The van der Waals surface area contributed by atoms with Gasteiger partial charge in [0.1, 0.15) is 0 Å². The third-order valence-electron chi connectivity index (χ3n) is 3.20. The van der Waals surface area contributed by atoms with Crippen molar-refractivity contribution in [3.8, 4) is 0 Å². The van der Waals surface area contributed by atoms with Gasteiger partial charge in [-0.25, -0.2) is 0 Å². The van der Waals surface area contributed by atoms with Crippen LogP contribution in [0.15, 0.2) is 24.3 Å². The smallest absolute Gasteiger partial charge is 0.308 e. The molecule has 1 heterocycles. The predicted octanol–water partition coefficient (Wildman–Crippen LogP) is 0.867. The maximum atomic E-state index is 11.8. The lowest BCUT2D eigenvalue weighted by atomic mass is 10.1. The molecule has 20 heavy (non-hydrogen) atoms. The number of carboxylic acid groups (broad SMARTS) is 1. The fourth-order valence-corrected chi connectivity index (χ4v) is 2.19. The molecule has 1 fully saturated rings. The summed E-state index contributed by atoms with van der Waals surface area (Å²) in [7, 11) is 0. The van der Waals surface area contributed by atoms with Crippen LogP contribution in [0.5, 0.6) is 0 Å². The number of hydrogen-bond donors (Lipinski definition) is 2. The van der Waals surface area contributed by atoms with Crippen LogP contribution in [-0.4, -0.2) is 40.9 Å². The van der Waals surface area contributed by atoms with E-state index >= 15 is 0 Å². The first-order valence-corrected chi connectivity index (χ1v) is 6.33. The second kappa shape index (κ2) is 5.73. The van der Waals surface area contributed by atoms with Crippen LogP contribution < -0.4 is 5.32 Å². The van der Waals surface area contributed by atoms with Gasteiger partial charge in [-0.3, -0.25) is 14.4 Å². The van der Waals surface area contributed by atoms with E-state index in [-0.39, 0.29) is 31.3 Å². The number of aliphatic carboxylic acids is 1. The zero-order chi connectivity index (χ0) is 14.7. The molecule has 0 aliphatic carbocycles. The molecular weight excluding hydrogens is 260 g/mol. The van der Waals surface area contributed by atoms with Crippen LogP contribution in [0, 0.1) is 12.8 Å². The Kier molecular flexibility index (Phi) is 4.02. The summed E-state index contributed by atoms with van der Waals surface area (Å²) in [6.07, 6.45) is -0.0347. The highest BCUT2D eigenvalue weighted by Crippen LogP contribution is 2.18. The molecular formula is C14H16N2O4. The molecule has 2 amide bonds. The fourth-order valence-electron chi connectivity index (χ4n) is 2.19. The molecule has 1 unspecified atom stereocenters. The van der Waals surface area contributed by atoms with E-state index < -0.39 is 11.9 Å². The van der Waals surface area contributed by atoms with Gasteiger partial charge in [-0.05, 0) is 24.6 Å². The minimum atomic E-state index is -1.00. The number of carboxylic acids is 1. The summed E-state index contributed by atoms with van der Waals surface area (Å²) in [5, 5.41) is 11.6. The Balaban J connectivity index is 1.92. The molecule has 6 heteroatoms. The third-order valence-corrected chi connectivity index (χ3v) is 3.20. The summed E-state index contributed by atoms with van der Waals surface area (Å²) in [4.78, 5) is 35.6. The molecule has 0 aromatic heterocycles. The molecule has 1 atom stereocenters. The molecule has 1 aromatic rings. The minimum Gasteiger partial charge on any atom is -0.481 e. The van der Waals surface area contributed by atoms with Gasteiger partial charge in [0.15, 0.2) is 0 Å². The lowest BCUT2D eigenvalue weighted by Gasteiger charge is -2.15. The van der Waals surface area contributed by atoms with Crippen LogP contribution in [0.2, 0.25) is 0 Å². The standard InChI is InChI=1S/C14H16N2O4/c1-9-3-2-4-11(5-9)15-12(17)8-16-7-10(14(19)20)6-13(16)18/h2-5,10H,6-8H2,1H3,(H,15,17)(H,19,20). The SMILES string of the molecule is Cc1cccc(NC(=O)CN2CC(C(=O)O)CC2=O)c1. The average Bonchev–Trinajstić information content (AvgIpc) is 2.71. The number of carbonyl (C=O) groups is 3. The number of likely N-dealkylation sites (tertiary alicyclic amines) is 1. The van der Waals surface area contributed by atoms with Crippen LogP contribution in [0.1, 0.15) is 12.0 Å². The number of anilines is 1. The molecule has 1 aliphatic heterocycles. The lowest BCUT2D eigenvalue weighted by molar-refractivity contribution is -0.141. The molecule has 0 spiro atoms. The van der Waals surface area contributed by atoms with Crippen molar-refractivity contribution in [2.75, 3.05) is 18.4 Å². The van der Waals surface area contributed by atoms with E-state index in [2.05, 4.69) is 5.32 Å². The lowest BCUT2D eigenvalue weighted by Crippen LogP contribution is -2.34. The average molecular weight is 276 g/mol. The van der Waals surface area contributed by atoms with E-state index in [1.165, 1.54) is 4.90 Å². The van der Waals surface area contributed by atoms with E-state index in [1.807, 2.05) is 25.1 Å². The molecule has 2 rings (SSSR count). The van der Waals surface area contributed by atoms with E-state index in [1.54, 1.807) is 6.07 Å². The van der Waals surface area contributed by atoms with Crippen molar-refractivity contribution in [2.45, 2.75) is 13.3 Å². The minimum absolute atomic E-state index is 0.0347. The van der Waals surface area contributed by atoms with E-state index in [0.29, 0.717) is 5.69 Å². The van der Waals surface area contributed by atoms with Crippen LogP contribution in [0.25, 0.3) is 0 Å². The van der Waals surface area contributed by atoms with Gasteiger partial charge in [0.25, 0.3) is 0 Å². The first kappa shape index (κ1) is 14.0. The fraction of sp³-hybridized carbons (Fsp3) is 0.357. The summed E-state index contributed by atoms with van der Waals surface area (Å²) in [6.45, 7) is 1.89. The number of benzene rings is 1. The van der Waals surface area contributed by atoms with Crippen LogP contribution in [0.4, 0.5) is 5.69 Å². The Morgan fingerprint density at radius 3 is 2.80 bits per heavy atom. The largest absolute Gasteiger partial charge is 0.481 e. The molecule has 0 bridgehead atoms. The molecule has 6 nitrogen and oxygen atoms in total. The highest BCUT2D eigenvalue weighted by atomic mass is 16.4. The van der Waals surface area contributed by atoms with E-state index in [0.717, 1.165) is 5.56 Å². The summed E-state index contributed by atoms with van der Waals surface area (Å²) < 4.78 is 0. The molecule has 0 saturated carbocycles. The normalized spacial score (nSPS) is 18.1. The van der Waals surface area contributed by atoms with Gasteiger partial charge in [0.05, 0.1) is 12.5 Å². The number of aryl methyl sites for hydroxylation is 1. The molecule has 2 N–H and O–H groups in total. The first-order valence-electron chi connectivity index (χ1n) is 6.33. The molecule has 1 saturated heterocycles. The quantitative estimate of drug-likeness (QED) is 0.854. The summed E-state index contributed by atoms with van der Waals surface area (Å²) >= 11 is 0.